The van der Waals surface area contributed by atoms with Gasteiger partial charge in [-0.3, -0.25) is 0 Å². The van der Waals surface area contributed by atoms with Crippen LogP contribution in [0.1, 0.15) is 22.7 Å². The lowest BCUT2D eigenvalue weighted by molar-refractivity contribution is -0.109. The van der Waals surface area contributed by atoms with E-state index in [1.807, 2.05) is 26.0 Å². The minimum atomic E-state index is -0.306. The van der Waals surface area contributed by atoms with Crippen LogP contribution < -0.4 is 10.1 Å². The average Bonchev–Trinajstić information content (AvgIpc) is 2.24. The lowest BCUT2D eigenvalue weighted by Crippen LogP contribution is -2.18. The van der Waals surface area contributed by atoms with Gasteiger partial charge in [-0.2, -0.15) is 0 Å². The number of aldehydes is 1. The van der Waals surface area contributed by atoms with E-state index in [1.54, 1.807) is 14.2 Å². The van der Waals surface area contributed by atoms with Crippen molar-refractivity contribution >= 4 is 6.29 Å². The predicted molar refractivity (Wildman–Crippen MR) is 60.3 cm³/mol. The molecule has 0 saturated carbocycles. The molecule has 1 aromatic carbocycles. The molecule has 0 amide bonds. The Morgan fingerprint density at radius 1 is 1.33 bits per heavy atom. The van der Waals surface area contributed by atoms with Gasteiger partial charge in [-0.25, -0.2) is 0 Å². The Balaban J connectivity index is 3.25. The largest absolute Gasteiger partial charge is 0.496 e. The van der Waals surface area contributed by atoms with E-state index >= 15 is 0 Å². The molecule has 1 N–H and O–H groups in total. The third-order valence-corrected chi connectivity index (χ3v) is 2.63. The molecule has 3 heteroatoms. The molecule has 0 aliphatic rings. The Labute approximate surface area is 90.4 Å². The zero-order chi connectivity index (χ0) is 11.4. The van der Waals surface area contributed by atoms with Crippen LogP contribution in [0.3, 0.4) is 0 Å². The summed E-state index contributed by atoms with van der Waals surface area (Å²) in [7, 11) is 3.37. The summed E-state index contributed by atoms with van der Waals surface area (Å²) in [6, 6.07) is 3.64. The molecular weight excluding hydrogens is 190 g/mol. The second kappa shape index (κ2) is 4.94. The zero-order valence-corrected chi connectivity index (χ0v) is 9.63. The molecule has 0 saturated heterocycles. The van der Waals surface area contributed by atoms with Crippen LogP contribution in [0, 0.1) is 13.8 Å². The van der Waals surface area contributed by atoms with Gasteiger partial charge in [0.15, 0.2) is 0 Å². The maximum Gasteiger partial charge on any atom is 0.141 e. The van der Waals surface area contributed by atoms with E-state index in [4.69, 9.17) is 4.74 Å². The Bertz CT molecular complexity index is 361. The van der Waals surface area contributed by atoms with E-state index in [9.17, 15) is 4.79 Å². The van der Waals surface area contributed by atoms with Gasteiger partial charge in [-0.1, -0.05) is 6.07 Å². The van der Waals surface area contributed by atoms with E-state index in [-0.39, 0.29) is 6.04 Å². The van der Waals surface area contributed by atoms with Crippen LogP contribution in [0.2, 0.25) is 0 Å². The van der Waals surface area contributed by atoms with Crippen molar-refractivity contribution in [3.05, 3.63) is 28.8 Å². The molecule has 15 heavy (non-hydrogen) atoms. The summed E-state index contributed by atoms with van der Waals surface area (Å²) in [6.07, 6.45) is 0.882. The monoisotopic (exact) mass is 207 g/mol. The van der Waals surface area contributed by atoms with E-state index < -0.39 is 0 Å². The number of carbonyl (C=O) groups excluding carboxylic acids is 1. The second-order valence-corrected chi connectivity index (χ2v) is 3.58. The molecule has 0 spiro atoms. The SMILES string of the molecule is CNC(C=O)c1cc(C)c(C)cc1OC. The lowest BCUT2D eigenvalue weighted by atomic mass is 10.0. The topological polar surface area (TPSA) is 38.3 Å². The van der Waals surface area contributed by atoms with Crippen molar-refractivity contribution in [2.75, 3.05) is 14.2 Å². The highest BCUT2D eigenvalue weighted by molar-refractivity contribution is 5.64. The van der Waals surface area contributed by atoms with Crippen LogP contribution >= 0.6 is 0 Å². The Morgan fingerprint density at radius 2 is 1.93 bits per heavy atom. The van der Waals surface area contributed by atoms with Gasteiger partial charge >= 0.3 is 0 Å². The third-order valence-electron chi connectivity index (χ3n) is 2.63. The number of nitrogens with one attached hydrogen (secondary N) is 1. The van der Waals surface area contributed by atoms with Crippen molar-refractivity contribution < 1.29 is 9.53 Å². The first kappa shape index (κ1) is 11.7. The molecule has 1 atom stereocenters. The van der Waals surface area contributed by atoms with Crippen LogP contribution in [0.15, 0.2) is 12.1 Å². The van der Waals surface area contributed by atoms with Gasteiger partial charge in [0.1, 0.15) is 12.0 Å². The van der Waals surface area contributed by atoms with Crippen LogP contribution in [-0.2, 0) is 4.79 Å². The number of hydrogen-bond donors (Lipinski definition) is 1. The minimum absolute atomic E-state index is 0.306. The fraction of sp³-hybridized carbons (Fsp3) is 0.417. The van der Waals surface area contributed by atoms with Crippen molar-refractivity contribution in [2.24, 2.45) is 0 Å². The van der Waals surface area contributed by atoms with E-state index in [2.05, 4.69) is 5.32 Å². The van der Waals surface area contributed by atoms with Gasteiger partial charge < -0.3 is 14.8 Å². The third kappa shape index (κ3) is 2.36. The number of benzene rings is 1. The molecule has 0 aliphatic heterocycles. The molecule has 1 aromatic rings. The smallest absolute Gasteiger partial charge is 0.141 e. The number of hydrogen-bond acceptors (Lipinski definition) is 3. The van der Waals surface area contributed by atoms with Crippen molar-refractivity contribution in [1.82, 2.24) is 5.32 Å². The summed E-state index contributed by atoms with van der Waals surface area (Å²) < 4.78 is 5.27. The normalized spacial score (nSPS) is 12.3. The summed E-state index contributed by atoms with van der Waals surface area (Å²) in [5.74, 6) is 0.754. The van der Waals surface area contributed by atoms with Crippen molar-refractivity contribution in [2.45, 2.75) is 19.9 Å². The standard InChI is InChI=1S/C12H17NO2/c1-8-5-10(11(7-14)13-3)12(15-4)6-9(8)2/h5-7,11,13H,1-4H3. The number of carbonyl (C=O) groups is 1. The molecule has 0 heterocycles. The highest BCUT2D eigenvalue weighted by Gasteiger charge is 2.14. The minimum Gasteiger partial charge on any atom is -0.496 e. The first-order valence-electron chi connectivity index (χ1n) is 4.91. The summed E-state index contributed by atoms with van der Waals surface area (Å²) in [4.78, 5) is 10.9. The summed E-state index contributed by atoms with van der Waals surface area (Å²) in [5, 5.41) is 2.94. The fourth-order valence-corrected chi connectivity index (χ4v) is 1.53. The molecule has 82 valence electrons. The van der Waals surface area contributed by atoms with E-state index in [0.717, 1.165) is 28.7 Å². The first-order valence-corrected chi connectivity index (χ1v) is 4.91. The number of aryl methyl sites for hydroxylation is 2. The lowest BCUT2D eigenvalue weighted by Gasteiger charge is -2.16. The average molecular weight is 207 g/mol. The van der Waals surface area contributed by atoms with Crippen molar-refractivity contribution in [1.29, 1.82) is 0 Å². The molecule has 0 aromatic heterocycles. The Kier molecular flexibility index (Phi) is 3.86. The number of likely N-dealkylation sites (N-methyl/N-ethyl adjacent to an activating group) is 1. The Hall–Kier alpha value is -1.35. The van der Waals surface area contributed by atoms with Crippen LogP contribution in [-0.4, -0.2) is 20.4 Å². The summed E-state index contributed by atoms with van der Waals surface area (Å²) in [5.41, 5.74) is 3.21. The van der Waals surface area contributed by atoms with Gasteiger partial charge in [0, 0.05) is 5.56 Å². The predicted octanol–water partition coefficient (Wildman–Crippen LogP) is 1.77. The van der Waals surface area contributed by atoms with Crippen LogP contribution in [0.4, 0.5) is 0 Å². The maximum absolute atomic E-state index is 10.9. The van der Waals surface area contributed by atoms with E-state index in [0.29, 0.717) is 0 Å². The van der Waals surface area contributed by atoms with Gasteiger partial charge in [-0.15, -0.1) is 0 Å². The van der Waals surface area contributed by atoms with Crippen molar-refractivity contribution in [3.8, 4) is 5.75 Å². The molecule has 0 radical (unpaired) electrons. The van der Waals surface area contributed by atoms with Crippen LogP contribution in [0.5, 0.6) is 5.75 Å². The molecule has 1 unspecified atom stereocenters. The van der Waals surface area contributed by atoms with Gasteiger partial charge in [0.05, 0.1) is 13.2 Å². The maximum atomic E-state index is 10.9. The highest BCUT2D eigenvalue weighted by Crippen LogP contribution is 2.27. The molecule has 3 nitrogen and oxygen atoms in total. The summed E-state index contributed by atoms with van der Waals surface area (Å²) >= 11 is 0. The van der Waals surface area contributed by atoms with Gasteiger partial charge in [0.25, 0.3) is 0 Å². The quantitative estimate of drug-likeness (QED) is 0.765. The molecule has 0 fully saturated rings. The molecule has 1 rings (SSSR count). The summed E-state index contributed by atoms with van der Waals surface area (Å²) in [6.45, 7) is 4.05. The van der Waals surface area contributed by atoms with E-state index in [1.165, 1.54) is 0 Å². The van der Waals surface area contributed by atoms with Gasteiger partial charge in [0.2, 0.25) is 0 Å². The highest BCUT2D eigenvalue weighted by atomic mass is 16.5. The second-order valence-electron chi connectivity index (χ2n) is 3.58. The van der Waals surface area contributed by atoms with Crippen LogP contribution in [0.25, 0.3) is 0 Å². The molecular formula is C12H17NO2. The zero-order valence-electron chi connectivity index (χ0n) is 9.63. The molecule has 0 aliphatic carbocycles. The number of rotatable bonds is 4. The Morgan fingerprint density at radius 3 is 2.40 bits per heavy atom. The molecule has 0 bridgehead atoms. The van der Waals surface area contributed by atoms with Crippen molar-refractivity contribution in [3.63, 3.8) is 0 Å². The number of methoxy groups -OCH3 is 1. The van der Waals surface area contributed by atoms with Gasteiger partial charge in [-0.05, 0) is 38.1 Å². The fourth-order valence-electron chi connectivity index (χ4n) is 1.53. The first-order chi connectivity index (χ1) is 7.13. The number of ether oxygens (including phenoxy) is 1.